The van der Waals surface area contributed by atoms with Crippen LogP contribution < -0.4 is 0 Å². The van der Waals surface area contributed by atoms with Crippen molar-refractivity contribution in [3.8, 4) is 0 Å². The molecule has 25 heavy (non-hydrogen) atoms. The van der Waals surface area contributed by atoms with Gasteiger partial charge in [0.25, 0.3) is 9.04 Å². The summed E-state index contributed by atoms with van der Waals surface area (Å²) in [4.78, 5) is 0. The van der Waals surface area contributed by atoms with Crippen molar-refractivity contribution in [3.63, 3.8) is 0 Å². The van der Waals surface area contributed by atoms with Crippen LogP contribution in [-0.2, 0) is 4.43 Å². The highest BCUT2D eigenvalue weighted by Gasteiger charge is 2.83. The molecule has 0 amide bonds. The first-order chi connectivity index (χ1) is 10.9. The van der Waals surface area contributed by atoms with Gasteiger partial charge in [0.1, 0.15) is 0 Å². The zero-order chi connectivity index (χ0) is 20.5. The summed E-state index contributed by atoms with van der Waals surface area (Å²) in [6.45, 7) is 1.20. The molecule has 0 heterocycles. The number of alkyl halides is 12. The lowest BCUT2D eigenvalue weighted by Crippen LogP contribution is -2.68. The summed E-state index contributed by atoms with van der Waals surface area (Å²) in [6.07, 6.45) is -14.0. The predicted molar refractivity (Wildman–Crippen MR) is 64.6 cm³/mol. The molecule has 0 fully saturated rings. The summed E-state index contributed by atoms with van der Waals surface area (Å²) in [5.41, 5.74) is -5.78. The maximum absolute atomic E-state index is 13.7. The van der Waals surface area contributed by atoms with Crippen LogP contribution in [0.4, 0.5) is 52.7 Å². The van der Waals surface area contributed by atoms with E-state index in [1.807, 2.05) is 0 Å². The van der Waals surface area contributed by atoms with Gasteiger partial charge in [0, 0.05) is 7.11 Å². The van der Waals surface area contributed by atoms with Crippen molar-refractivity contribution in [1.82, 2.24) is 0 Å². The van der Waals surface area contributed by atoms with Crippen LogP contribution >= 0.6 is 0 Å². The smallest absolute Gasteiger partial charge is 0.392 e. The molecule has 0 aromatic rings. The van der Waals surface area contributed by atoms with Crippen LogP contribution in [0.25, 0.3) is 0 Å². The van der Waals surface area contributed by atoms with Crippen LogP contribution in [0.2, 0.25) is 6.04 Å². The van der Waals surface area contributed by atoms with E-state index in [9.17, 15) is 52.7 Å². The van der Waals surface area contributed by atoms with Crippen LogP contribution in [0.3, 0.4) is 0 Å². The van der Waals surface area contributed by atoms with Crippen LogP contribution in [0, 0.1) is 0 Å². The SMILES string of the molecule is CCC[SiH](OC)C(F)(F)C(F)(F)C(F)(F)C(F)(F)C(F)CC(F)(F)F. The monoisotopic (exact) mass is 418 g/mol. The fourth-order valence-electron chi connectivity index (χ4n) is 1.86. The zero-order valence-corrected chi connectivity index (χ0v) is 13.9. The molecule has 0 aromatic heterocycles. The molecule has 0 aliphatic rings. The fourth-order valence-corrected chi connectivity index (χ4v) is 3.86. The molecule has 0 saturated heterocycles. The Morgan fingerprint density at radius 2 is 1.28 bits per heavy atom. The third-order valence-corrected chi connectivity index (χ3v) is 6.12. The van der Waals surface area contributed by atoms with Gasteiger partial charge in [-0.05, 0) is 6.04 Å². The van der Waals surface area contributed by atoms with Crippen molar-refractivity contribution in [2.75, 3.05) is 7.11 Å². The second-order valence-electron chi connectivity index (χ2n) is 5.19. The Balaban J connectivity index is 5.92. The summed E-state index contributed by atoms with van der Waals surface area (Å²) < 4.78 is 160. The third kappa shape index (κ3) is 4.55. The molecule has 0 rings (SSSR count). The highest BCUT2D eigenvalue weighted by Crippen LogP contribution is 2.56. The first-order valence-corrected chi connectivity index (χ1v) is 8.51. The molecule has 2 atom stereocenters. The van der Waals surface area contributed by atoms with Crippen LogP contribution in [0.5, 0.6) is 0 Å². The Kier molecular flexibility index (Phi) is 7.33. The Morgan fingerprint density at radius 1 is 0.840 bits per heavy atom. The molecule has 0 radical (unpaired) electrons. The summed E-state index contributed by atoms with van der Waals surface area (Å²) in [7, 11) is -4.05. The second kappa shape index (κ2) is 7.52. The first kappa shape index (κ1) is 24.3. The molecule has 0 aromatic carbocycles. The van der Waals surface area contributed by atoms with Gasteiger partial charge < -0.3 is 4.43 Å². The molecule has 14 heteroatoms. The van der Waals surface area contributed by atoms with E-state index in [0.29, 0.717) is 7.11 Å². The minimum atomic E-state index is -7.09. The van der Waals surface area contributed by atoms with E-state index < -0.39 is 57.2 Å². The molecule has 1 nitrogen and oxygen atoms in total. The molecule has 2 unspecified atom stereocenters. The van der Waals surface area contributed by atoms with Crippen LogP contribution in [0.15, 0.2) is 0 Å². The molecular formula is C11H14F12OSi. The maximum Gasteiger partial charge on any atom is 0.392 e. The highest BCUT2D eigenvalue weighted by molar-refractivity contribution is 6.55. The third-order valence-electron chi connectivity index (χ3n) is 3.28. The maximum atomic E-state index is 13.7. The molecule has 0 saturated carbocycles. The Bertz CT molecular complexity index is 435. The Morgan fingerprint density at radius 3 is 1.60 bits per heavy atom. The molecule has 0 N–H and O–H groups in total. The lowest BCUT2D eigenvalue weighted by atomic mass is 9.98. The largest absolute Gasteiger partial charge is 0.416 e. The first-order valence-electron chi connectivity index (χ1n) is 6.65. The van der Waals surface area contributed by atoms with E-state index in [2.05, 4.69) is 4.43 Å². The fraction of sp³-hybridized carbons (Fsp3) is 1.00. The molecule has 0 aliphatic carbocycles. The molecule has 152 valence electrons. The quantitative estimate of drug-likeness (QED) is 0.372. The van der Waals surface area contributed by atoms with Crippen molar-refractivity contribution in [2.24, 2.45) is 0 Å². The minimum absolute atomic E-state index is 0.238. The van der Waals surface area contributed by atoms with Crippen molar-refractivity contribution in [3.05, 3.63) is 0 Å². The summed E-state index contributed by atoms with van der Waals surface area (Å²) in [5, 5.41) is 0. The van der Waals surface area contributed by atoms with Gasteiger partial charge >= 0.3 is 29.5 Å². The Hall–Kier alpha value is -0.663. The van der Waals surface area contributed by atoms with Crippen LogP contribution in [-0.4, -0.2) is 51.8 Å². The van der Waals surface area contributed by atoms with E-state index in [1.54, 1.807) is 0 Å². The predicted octanol–water partition coefficient (Wildman–Crippen LogP) is 5.14. The van der Waals surface area contributed by atoms with Crippen molar-refractivity contribution in [1.29, 1.82) is 0 Å². The second-order valence-corrected chi connectivity index (χ2v) is 7.95. The average molecular weight is 418 g/mol. The Labute approximate surface area is 136 Å². The zero-order valence-electron chi connectivity index (χ0n) is 12.7. The van der Waals surface area contributed by atoms with Gasteiger partial charge in [0.2, 0.25) is 0 Å². The molecular weight excluding hydrogens is 404 g/mol. The average Bonchev–Trinajstić information content (AvgIpc) is 2.41. The van der Waals surface area contributed by atoms with Crippen molar-refractivity contribution < 1.29 is 57.1 Å². The standard InChI is InChI=1S/C11H14F12OSi/c1-3-4-25(24-2)11(22,23)10(20,21)9(18,19)8(16,17)6(12)5-7(13,14)15/h6,25H,3-5H2,1-2H3. The van der Waals surface area contributed by atoms with E-state index in [0.717, 1.165) is 0 Å². The topological polar surface area (TPSA) is 9.23 Å². The van der Waals surface area contributed by atoms with Gasteiger partial charge in [-0.15, -0.1) is 0 Å². The van der Waals surface area contributed by atoms with E-state index in [1.165, 1.54) is 6.92 Å². The molecule has 0 bridgehead atoms. The van der Waals surface area contributed by atoms with Gasteiger partial charge in [-0.1, -0.05) is 13.3 Å². The summed E-state index contributed by atoms with van der Waals surface area (Å²) in [5.74, 6) is -20.6. The van der Waals surface area contributed by atoms with Crippen molar-refractivity contribution in [2.45, 2.75) is 61.5 Å². The van der Waals surface area contributed by atoms with Crippen LogP contribution in [0.1, 0.15) is 19.8 Å². The van der Waals surface area contributed by atoms with Gasteiger partial charge in [-0.3, -0.25) is 0 Å². The lowest BCUT2D eigenvalue weighted by Gasteiger charge is -2.39. The number of halogens is 12. The van der Waals surface area contributed by atoms with E-state index in [-0.39, 0.29) is 6.42 Å². The number of rotatable bonds is 9. The van der Waals surface area contributed by atoms with Crippen molar-refractivity contribution >= 4 is 9.04 Å². The lowest BCUT2D eigenvalue weighted by molar-refractivity contribution is -0.365. The van der Waals surface area contributed by atoms with Gasteiger partial charge in [-0.25, -0.2) is 13.2 Å². The summed E-state index contributed by atoms with van der Waals surface area (Å²) >= 11 is 0. The van der Waals surface area contributed by atoms with E-state index in [4.69, 9.17) is 0 Å². The van der Waals surface area contributed by atoms with Gasteiger partial charge in [0.15, 0.2) is 6.17 Å². The van der Waals surface area contributed by atoms with Gasteiger partial charge in [-0.2, -0.15) is 39.5 Å². The number of hydrogen-bond donors (Lipinski definition) is 0. The minimum Gasteiger partial charge on any atom is -0.416 e. The molecule has 0 aliphatic heterocycles. The highest BCUT2D eigenvalue weighted by atomic mass is 28.3. The molecule has 0 spiro atoms. The summed E-state index contributed by atoms with van der Waals surface area (Å²) in [6, 6.07) is -0.817. The van der Waals surface area contributed by atoms with Gasteiger partial charge in [0.05, 0.1) is 6.42 Å². The van der Waals surface area contributed by atoms with E-state index >= 15 is 0 Å². The normalized spacial score (nSPS) is 17.5. The number of hydrogen-bond acceptors (Lipinski definition) is 1.